The van der Waals surface area contributed by atoms with Crippen LogP contribution in [-0.2, 0) is 25.5 Å². The number of halogens is 1. The van der Waals surface area contributed by atoms with Crippen LogP contribution in [0.5, 0.6) is 0 Å². The summed E-state index contributed by atoms with van der Waals surface area (Å²) >= 11 is 0. The van der Waals surface area contributed by atoms with Crippen molar-refractivity contribution in [3.05, 3.63) is 35.6 Å². The Morgan fingerprint density at radius 1 is 1.30 bits per heavy atom. The summed E-state index contributed by atoms with van der Waals surface area (Å²) < 4.78 is 23.7. The first-order valence-corrected chi connectivity index (χ1v) is 7.66. The van der Waals surface area contributed by atoms with Crippen molar-refractivity contribution in [2.45, 2.75) is 20.3 Å². The molecule has 1 unspecified atom stereocenters. The molecule has 5 nitrogen and oxygen atoms in total. The molecule has 0 aliphatic carbocycles. The highest BCUT2D eigenvalue weighted by Gasteiger charge is 2.22. The first kappa shape index (κ1) is 19.1. The van der Waals surface area contributed by atoms with Crippen LogP contribution in [0.3, 0.4) is 0 Å². The van der Waals surface area contributed by atoms with Crippen molar-refractivity contribution in [1.82, 2.24) is 4.90 Å². The highest BCUT2D eigenvalue weighted by Crippen LogP contribution is 2.10. The molecule has 0 heterocycles. The molecule has 0 bridgehead atoms. The van der Waals surface area contributed by atoms with E-state index in [1.807, 2.05) is 6.92 Å². The van der Waals surface area contributed by atoms with Crippen LogP contribution in [0.25, 0.3) is 0 Å². The molecule has 1 aromatic rings. The predicted molar refractivity (Wildman–Crippen MR) is 84.4 cm³/mol. The molecule has 0 radical (unpaired) electrons. The SMILES string of the molecule is CCOCCN(CC(C)C(=O)OC)C(=O)Cc1ccccc1F. The van der Waals surface area contributed by atoms with Crippen LogP contribution in [0.15, 0.2) is 24.3 Å². The zero-order chi connectivity index (χ0) is 17.2. The smallest absolute Gasteiger partial charge is 0.310 e. The lowest BCUT2D eigenvalue weighted by atomic mass is 10.1. The van der Waals surface area contributed by atoms with Crippen LogP contribution in [0.1, 0.15) is 19.4 Å². The number of hydrogen-bond donors (Lipinski definition) is 0. The molecule has 128 valence electrons. The predicted octanol–water partition coefficient (Wildman–Crippen LogP) is 2.04. The van der Waals surface area contributed by atoms with Crippen LogP contribution in [0.4, 0.5) is 4.39 Å². The van der Waals surface area contributed by atoms with E-state index in [-0.39, 0.29) is 24.8 Å². The molecular formula is C17H24FNO4. The molecule has 0 saturated heterocycles. The van der Waals surface area contributed by atoms with Gasteiger partial charge in [0.25, 0.3) is 0 Å². The number of esters is 1. The fourth-order valence-electron chi connectivity index (χ4n) is 2.16. The van der Waals surface area contributed by atoms with E-state index in [1.54, 1.807) is 25.1 Å². The number of rotatable bonds is 9. The molecule has 6 heteroatoms. The molecule has 0 fully saturated rings. The average Bonchev–Trinajstić information content (AvgIpc) is 2.55. The molecule has 1 aromatic carbocycles. The van der Waals surface area contributed by atoms with Crippen molar-refractivity contribution < 1.29 is 23.5 Å². The fraction of sp³-hybridized carbons (Fsp3) is 0.529. The number of benzene rings is 1. The van der Waals surface area contributed by atoms with Crippen LogP contribution < -0.4 is 0 Å². The molecule has 0 spiro atoms. The maximum atomic E-state index is 13.7. The Morgan fingerprint density at radius 2 is 2.00 bits per heavy atom. The minimum atomic E-state index is -0.453. The first-order valence-electron chi connectivity index (χ1n) is 7.66. The van der Waals surface area contributed by atoms with E-state index in [4.69, 9.17) is 4.74 Å². The molecule has 1 rings (SSSR count). The van der Waals surface area contributed by atoms with Gasteiger partial charge in [-0.3, -0.25) is 9.59 Å². The Labute approximate surface area is 136 Å². The second kappa shape index (κ2) is 9.94. The van der Waals surface area contributed by atoms with Gasteiger partial charge in [-0.25, -0.2) is 4.39 Å². The summed E-state index contributed by atoms with van der Waals surface area (Å²) in [5, 5.41) is 0. The molecule has 0 N–H and O–H groups in total. The van der Waals surface area contributed by atoms with Gasteiger partial charge in [0.15, 0.2) is 0 Å². The minimum absolute atomic E-state index is 0.0489. The summed E-state index contributed by atoms with van der Waals surface area (Å²) in [6.45, 7) is 5.03. The normalized spacial score (nSPS) is 11.8. The van der Waals surface area contributed by atoms with Crippen molar-refractivity contribution in [3.8, 4) is 0 Å². The summed E-state index contributed by atoms with van der Waals surface area (Å²) in [6.07, 6.45) is -0.0489. The number of hydrogen-bond acceptors (Lipinski definition) is 4. The van der Waals surface area contributed by atoms with Crippen LogP contribution in [0.2, 0.25) is 0 Å². The largest absolute Gasteiger partial charge is 0.469 e. The van der Waals surface area contributed by atoms with Gasteiger partial charge in [-0.05, 0) is 18.6 Å². The van der Waals surface area contributed by atoms with Gasteiger partial charge in [-0.1, -0.05) is 25.1 Å². The lowest BCUT2D eigenvalue weighted by Gasteiger charge is -2.25. The van der Waals surface area contributed by atoms with E-state index < -0.39 is 11.7 Å². The second-order valence-electron chi connectivity index (χ2n) is 5.23. The van der Waals surface area contributed by atoms with Gasteiger partial charge in [0.1, 0.15) is 5.82 Å². The Bertz CT molecular complexity index is 521. The number of ether oxygens (including phenoxy) is 2. The lowest BCUT2D eigenvalue weighted by Crippen LogP contribution is -2.40. The van der Waals surface area contributed by atoms with Gasteiger partial charge in [0.2, 0.25) is 5.91 Å². The van der Waals surface area contributed by atoms with E-state index in [0.29, 0.717) is 25.3 Å². The highest BCUT2D eigenvalue weighted by molar-refractivity contribution is 5.80. The zero-order valence-electron chi connectivity index (χ0n) is 13.9. The van der Waals surface area contributed by atoms with Crippen molar-refractivity contribution in [2.24, 2.45) is 5.92 Å². The van der Waals surface area contributed by atoms with E-state index in [9.17, 15) is 14.0 Å². The Balaban J connectivity index is 2.75. The third-order valence-electron chi connectivity index (χ3n) is 3.46. The number of carbonyl (C=O) groups is 2. The quantitative estimate of drug-likeness (QED) is 0.515. The van der Waals surface area contributed by atoms with Gasteiger partial charge < -0.3 is 14.4 Å². The maximum Gasteiger partial charge on any atom is 0.310 e. The van der Waals surface area contributed by atoms with Crippen LogP contribution >= 0.6 is 0 Å². The summed E-state index contributed by atoms with van der Waals surface area (Å²) in [6, 6.07) is 6.17. The van der Waals surface area contributed by atoms with Crippen molar-refractivity contribution in [3.63, 3.8) is 0 Å². The monoisotopic (exact) mass is 325 g/mol. The summed E-state index contributed by atoms with van der Waals surface area (Å²) in [7, 11) is 1.31. The number of carbonyl (C=O) groups excluding carboxylic acids is 2. The van der Waals surface area contributed by atoms with Gasteiger partial charge in [0, 0.05) is 19.7 Å². The Morgan fingerprint density at radius 3 is 2.61 bits per heavy atom. The summed E-state index contributed by atoms with van der Waals surface area (Å²) in [4.78, 5) is 25.5. The molecule has 1 amide bonds. The lowest BCUT2D eigenvalue weighted by molar-refractivity contribution is -0.146. The summed E-state index contributed by atoms with van der Waals surface area (Å²) in [5.41, 5.74) is 0.338. The topological polar surface area (TPSA) is 55.8 Å². The van der Waals surface area contributed by atoms with Gasteiger partial charge in [-0.2, -0.15) is 0 Å². The first-order chi connectivity index (χ1) is 11.0. The fourth-order valence-corrected chi connectivity index (χ4v) is 2.16. The number of nitrogens with zero attached hydrogens (tertiary/aromatic N) is 1. The molecular weight excluding hydrogens is 301 g/mol. The van der Waals surface area contributed by atoms with E-state index in [2.05, 4.69) is 4.74 Å². The molecule has 0 aliphatic heterocycles. The minimum Gasteiger partial charge on any atom is -0.469 e. The van der Waals surface area contributed by atoms with Crippen LogP contribution in [-0.4, -0.2) is 50.2 Å². The van der Waals surface area contributed by atoms with Gasteiger partial charge in [-0.15, -0.1) is 0 Å². The summed E-state index contributed by atoms with van der Waals surface area (Å²) in [5.74, 6) is -1.49. The standard InChI is InChI=1S/C17H24FNO4/c1-4-23-10-9-19(12-13(2)17(21)22-3)16(20)11-14-7-5-6-8-15(14)18/h5-8,13H,4,9-12H2,1-3H3. The van der Waals surface area contributed by atoms with Gasteiger partial charge in [0.05, 0.1) is 26.1 Å². The highest BCUT2D eigenvalue weighted by atomic mass is 19.1. The molecule has 23 heavy (non-hydrogen) atoms. The molecule has 0 aliphatic rings. The Kier molecular flexibility index (Phi) is 8.26. The second-order valence-corrected chi connectivity index (χ2v) is 5.23. The molecule has 0 aromatic heterocycles. The van der Waals surface area contributed by atoms with E-state index >= 15 is 0 Å². The maximum absolute atomic E-state index is 13.7. The molecule has 1 atom stereocenters. The van der Waals surface area contributed by atoms with E-state index in [1.165, 1.54) is 18.1 Å². The van der Waals surface area contributed by atoms with E-state index in [0.717, 1.165) is 0 Å². The van der Waals surface area contributed by atoms with Gasteiger partial charge >= 0.3 is 5.97 Å². The Hall–Kier alpha value is -1.95. The van der Waals surface area contributed by atoms with Crippen molar-refractivity contribution in [2.75, 3.05) is 33.4 Å². The molecule has 0 saturated carbocycles. The van der Waals surface area contributed by atoms with Crippen molar-refractivity contribution in [1.29, 1.82) is 0 Å². The third kappa shape index (κ3) is 6.36. The van der Waals surface area contributed by atoms with Crippen LogP contribution in [0, 0.1) is 11.7 Å². The average molecular weight is 325 g/mol. The van der Waals surface area contributed by atoms with Crippen molar-refractivity contribution >= 4 is 11.9 Å². The number of amides is 1. The third-order valence-corrected chi connectivity index (χ3v) is 3.46. The zero-order valence-corrected chi connectivity index (χ0v) is 13.9. The number of methoxy groups -OCH3 is 1.